The van der Waals surface area contributed by atoms with E-state index in [4.69, 9.17) is 21.4 Å². The summed E-state index contributed by atoms with van der Waals surface area (Å²) in [5.74, 6) is -1.12. The highest BCUT2D eigenvalue weighted by molar-refractivity contribution is 6.30. The van der Waals surface area contributed by atoms with Gasteiger partial charge >= 0.3 is 5.97 Å². The number of halogens is 1. The SMILES string of the molecule is C=C(CC(O)c1ccc(Cl)cc1-c1cnn(CCN2CCOCC2)c1)C(=O)O. The summed E-state index contributed by atoms with van der Waals surface area (Å²) in [6.45, 7) is 8.49. The van der Waals surface area contributed by atoms with Gasteiger partial charge in [0.25, 0.3) is 0 Å². The van der Waals surface area contributed by atoms with E-state index < -0.39 is 12.1 Å². The summed E-state index contributed by atoms with van der Waals surface area (Å²) < 4.78 is 7.22. The number of aliphatic hydroxyl groups is 1. The molecule has 1 aliphatic rings. The number of carboxylic acid groups (broad SMARTS) is 1. The second-order valence-electron chi connectivity index (χ2n) is 6.81. The molecule has 1 saturated heterocycles. The molecule has 0 radical (unpaired) electrons. The van der Waals surface area contributed by atoms with E-state index in [1.165, 1.54) is 0 Å². The van der Waals surface area contributed by atoms with Crippen molar-refractivity contribution < 1.29 is 19.7 Å². The number of aliphatic carboxylic acids is 1. The highest BCUT2D eigenvalue weighted by atomic mass is 35.5. The Balaban J connectivity index is 1.75. The van der Waals surface area contributed by atoms with Gasteiger partial charge in [0.05, 0.1) is 32.1 Å². The van der Waals surface area contributed by atoms with E-state index in [2.05, 4.69) is 16.6 Å². The fraction of sp³-hybridized carbons (Fsp3) is 0.400. The molecule has 2 aromatic rings. The summed E-state index contributed by atoms with van der Waals surface area (Å²) >= 11 is 6.16. The van der Waals surface area contributed by atoms with Crippen molar-refractivity contribution in [2.45, 2.75) is 19.1 Å². The molecule has 1 aromatic heterocycles. The van der Waals surface area contributed by atoms with E-state index in [1.807, 2.05) is 10.9 Å². The predicted molar refractivity (Wildman–Crippen MR) is 106 cm³/mol. The third kappa shape index (κ3) is 5.20. The Morgan fingerprint density at radius 3 is 2.79 bits per heavy atom. The largest absolute Gasteiger partial charge is 0.478 e. The summed E-state index contributed by atoms with van der Waals surface area (Å²) in [6.07, 6.45) is 2.59. The van der Waals surface area contributed by atoms with Crippen molar-refractivity contribution in [1.82, 2.24) is 14.7 Å². The number of morpholine rings is 1. The van der Waals surface area contributed by atoms with Crippen LogP contribution in [-0.4, -0.2) is 63.7 Å². The molecule has 8 heteroatoms. The Kier molecular flexibility index (Phi) is 6.85. The first-order chi connectivity index (χ1) is 13.4. The molecular weight excluding hydrogens is 382 g/mol. The van der Waals surface area contributed by atoms with Gasteiger partial charge in [-0.25, -0.2) is 4.79 Å². The van der Waals surface area contributed by atoms with Crippen LogP contribution in [0.5, 0.6) is 0 Å². The van der Waals surface area contributed by atoms with Crippen LogP contribution in [0.4, 0.5) is 0 Å². The molecule has 1 unspecified atom stereocenters. The van der Waals surface area contributed by atoms with Gasteiger partial charge in [-0.2, -0.15) is 5.10 Å². The zero-order chi connectivity index (χ0) is 20.1. The average molecular weight is 406 g/mol. The molecule has 1 aliphatic heterocycles. The smallest absolute Gasteiger partial charge is 0.331 e. The van der Waals surface area contributed by atoms with Crippen molar-refractivity contribution >= 4 is 17.6 Å². The minimum absolute atomic E-state index is 0.0467. The summed E-state index contributed by atoms with van der Waals surface area (Å²) in [5.41, 5.74) is 2.10. The van der Waals surface area contributed by atoms with Gasteiger partial charge in [0.15, 0.2) is 0 Å². The Labute approximate surface area is 168 Å². The standard InChI is InChI=1S/C20H24ClN3O4/c1-14(20(26)27)10-19(25)17-3-2-16(21)11-18(17)15-12-22-24(13-15)5-4-23-6-8-28-9-7-23/h2-3,11-13,19,25H,1,4-10H2,(H,26,27). The highest BCUT2D eigenvalue weighted by Gasteiger charge is 2.19. The minimum Gasteiger partial charge on any atom is -0.478 e. The topological polar surface area (TPSA) is 87.8 Å². The second-order valence-corrected chi connectivity index (χ2v) is 7.24. The predicted octanol–water partition coefficient (Wildman–Crippen LogP) is 2.60. The van der Waals surface area contributed by atoms with Crippen molar-refractivity contribution in [3.8, 4) is 11.1 Å². The summed E-state index contributed by atoms with van der Waals surface area (Å²) in [4.78, 5) is 13.4. The number of carboxylic acids is 1. The van der Waals surface area contributed by atoms with Gasteiger partial charge in [-0.15, -0.1) is 0 Å². The molecule has 28 heavy (non-hydrogen) atoms. The van der Waals surface area contributed by atoms with E-state index in [-0.39, 0.29) is 12.0 Å². The Morgan fingerprint density at radius 2 is 2.07 bits per heavy atom. The molecule has 0 bridgehead atoms. The van der Waals surface area contributed by atoms with E-state index in [1.54, 1.807) is 24.4 Å². The molecule has 3 rings (SSSR count). The molecule has 0 amide bonds. The van der Waals surface area contributed by atoms with Gasteiger partial charge in [0.2, 0.25) is 0 Å². The molecular formula is C20H24ClN3O4. The fourth-order valence-corrected chi connectivity index (χ4v) is 3.37. The van der Waals surface area contributed by atoms with Crippen LogP contribution >= 0.6 is 11.6 Å². The number of aliphatic hydroxyl groups excluding tert-OH is 1. The number of hydrogen-bond donors (Lipinski definition) is 2. The lowest BCUT2D eigenvalue weighted by Crippen LogP contribution is -2.38. The van der Waals surface area contributed by atoms with Gasteiger partial charge in [0.1, 0.15) is 0 Å². The lowest BCUT2D eigenvalue weighted by Gasteiger charge is -2.26. The Hall–Kier alpha value is -2.19. The van der Waals surface area contributed by atoms with Crippen molar-refractivity contribution in [2.24, 2.45) is 0 Å². The molecule has 0 spiro atoms. The average Bonchev–Trinajstić information content (AvgIpc) is 3.16. The number of rotatable bonds is 8. The first-order valence-electron chi connectivity index (χ1n) is 9.15. The molecule has 2 N–H and O–H groups in total. The lowest BCUT2D eigenvalue weighted by atomic mass is 9.95. The number of ether oxygens (including phenoxy) is 1. The van der Waals surface area contributed by atoms with Crippen LogP contribution in [0, 0.1) is 0 Å². The van der Waals surface area contributed by atoms with E-state index in [9.17, 15) is 9.90 Å². The van der Waals surface area contributed by atoms with Crippen molar-refractivity contribution in [3.05, 3.63) is 53.3 Å². The second kappa shape index (κ2) is 9.34. The van der Waals surface area contributed by atoms with Gasteiger partial charge in [-0.3, -0.25) is 9.58 Å². The summed E-state index contributed by atoms with van der Waals surface area (Å²) in [5, 5.41) is 24.5. The number of benzene rings is 1. The molecule has 0 saturated carbocycles. The maximum absolute atomic E-state index is 11.0. The summed E-state index contributed by atoms with van der Waals surface area (Å²) in [6, 6.07) is 5.14. The number of aromatic nitrogens is 2. The zero-order valence-corrected chi connectivity index (χ0v) is 16.3. The van der Waals surface area contributed by atoms with Crippen molar-refractivity contribution in [2.75, 3.05) is 32.8 Å². The van der Waals surface area contributed by atoms with Crippen LogP contribution in [0.15, 0.2) is 42.7 Å². The van der Waals surface area contributed by atoms with Crippen LogP contribution < -0.4 is 0 Å². The zero-order valence-electron chi connectivity index (χ0n) is 15.6. The van der Waals surface area contributed by atoms with E-state index in [0.717, 1.165) is 50.5 Å². The monoisotopic (exact) mass is 405 g/mol. The molecule has 1 aromatic carbocycles. The normalized spacial score (nSPS) is 16.1. The van der Waals surface area contributed by atoms with Gasteiger partial charge in [-0.1, -0.05) is 24.2 Å². The molecule has 1 atom stereocenters. The lowest BCUT2D eigenvalue weighted by molar-refractivity contribution is -0.133. The molecule has 0 aliphatic carbocycles. The quantitative estimate of drug-likeness (QED) is 0.656. The first-order valence-corrected chi connectivity index (χ1v) is 9.53. The van der Waals surface area contributed by atoms with Gasteiger partial charge in [0, 0.05) is 48.4 Å². The van der Waals surface area contributed by atoms with Gasteiger partial charge < -0.3 is 14.9 Å². The first kappa shape index (κ1) is 20.5. The number of hydrogen-bond acceptors (Lipinski definition) is 5. The fourth-order valence-electron chi connectivity index (χ4n) is 3.19. The summed E-state index contributed by atoms with van der Waals surface area (Å²) in [7, 11) is 0. The molecule has 2 heterocycles. The van der Waals surface area contributed by atoms with Crippen molar-refractivity contribution in [3.63, 3.8) is 0 Å². The van der Waals surface area contributed by atoms with Crippen LogP contribution in [0.25, 0.3) is 11.1 Å². The van der Waals surface area contributed by atoms with E-state index >= 15 is 0 Å². The third-order valence-electron chi connectivity index (χ3n) is 4.81. The maximum atomic E-state index is 11.0. The maximum Gasteiger partial charge on any atom is 0.331 e. The minimum atomic E-state index is -1.12. The van der Waals surface area contributed by atoms with Crippen LogP contribution in [0.3, 0.4) is 0 Å². The van der Waals surface area contributed by atoms with Crippen molar-refractivity contribution in [1.29, 1.82) is 0 Å². The number of nitrogens with zero attached hydrogens (tertiary/aromatic N) is 3. The molecule has 7 nitrogen and oxygen atoms in total. The van der Waals surface area contributed by atoms with Crippen LogP contribution in [0.1, 0.15) is 18.1 Å². The Morgan fingerprint density at radius 1 is 1.32 bits per heavy atom. The Bertz CT molecular complexity index is 846. The molecule has 1 fully saturated rings. The third-order valence-corrected chi connectivity index (χ3v) is 5.04. The molecule has 150 valence electrons. The highest BCUT2D eigenvalue weighted by Crippen LogP contribution is 2.33. The van der Waals surface area contributed by atoms with Crippen LogP contribution in [-0.2, 0) is 16.1 Å². The van der Waals surface area contributed by atoms with E-state index in [0.29, 0.717) is 10.6 Å². The van der Waals surface area contributed by atoms with Gasteiger partial charge in [-0.05, 0) is 23.3 Å². The number of carbonyl (C=O) groups is 1. The van der Waals surface area contributed by atoms with Crippen LogP contribution in [0.2, 0.25) is 5.02 Å².